The summed E-state index contributed by atoms with van der Waals surface area (Å²) >= 11 is 0. The molecular formula is C40H48F3N5O10S. The van der Waals surface area contributed by atoms with Crippen molar-refractivity contribution in [1.82, 2.24) is 24.8 Å². The number of fused-ring (bicyclic) bond motifs is 5. The molecule has 2 saturated carbocycles. The number of carbonyl (C=O) groups excluding carboxylic acids is 3. The number of pyridine rings is 1. The van der Waals surface area contributed by atoms with Gasteiger partial charge in [-0.05, 0) is 82.9 Å². The number of sulfonamides is 1. The quantitative estimate of drug-likeness (QED) is 0.348. The number of carbonyl (C=O) groups is 4. The molecular weight excluding hydrogens is 800 g/mol. The largest absolute Gasteiger partial charge is 0.497 e. The first-order valence-corrected chi connectivity index (χ1v) is 21.6. The summed E-state index contributed by atoms with van der Waals surface area (Å²) in [5, 5.41) is 13.7. The molecule has 5 heterocycles. The number of aryl methyl sites for hydroxylation is 1. The fourth-order valence-electron chi connectivity index (χ4n) is 9.22. The number of nitrogens with zero attached hydrogens (tertiary/aromatic N) is 3. The molecule has 4 amide bonds. The van der Waals surface area contributed by atoms with E-state index in [2.05, 4.69) is 15.0 Å². The van der Waals surface area contributed by atoms with E-state index < -0.39 is 91.4 Å². The lowest BCUT2D eigenvalue weighted by Crippen LogP contribution is -2.60. The number of amides is 4. The van der Waals surface area contributed by atoms with Crippen LogP contribution >= 0.6 is 0 Å². The Bertz CT molecular complexity index is 2210. The lowest BCUT2D eigenvalue weighted by atomic mass is 9.87. The van der Waals surface area contributed by atoms with Crippen molar-refractivity contribution >= 4 is 44.7 Å². The summed E-state index contributed by atoms with van der Waals surface area (Å²) < 4.78 is 89.1. The molecule has 6 atom stereocenters. The smallest absolute Gasteiger partial charge is 0.437 e. The number of benzene rings is 1. The summed E-state index contributed by atoms with van der Waals surface area (Å²) in [6, 6.07) is 1.12. The second-order valence-electron chi connectivity index (χ2n) is 17.1. The fraction of sp³-hybridized carbons (Fsp3) is 0.625. The molecule has 2 aromatic rings. The SMILES string of the molecule is COc1ccc2nc(C(F)(F)F)c3c(c2c1)CC[C@]1(C[C@H]2C(=O)N[C@]4(C(=O)NS(=O)(=O)C5(C)CC5)C[C@H]4/C=C\CCCCC[C@H](N(C(=O)O)C4CCOC4)C(=O)N2C1)O3. The van der Waals surface area contributed by atoms with Gasteiger partial charge in [0.25, 0.3) is 5.91 Å². The third-order valence-corrected chi connectivity index (χ3v) is 15.3. The monoisotopic (exact) mass is 847 g/mol. The summed E-state index contributed by atoms with van der Waals surface area (Å²) in [6.07, 6.45) is 0.674. The van der Waals surface area contributed by atoms with Gasteiger partial charge in [0.05, 0.1) is 36.6 Å². The second-order valence-corrected chi connectivity index (χ2v) is 19.3. The first kappa shape index (κ1) is 41.1. The number of rotatable bonds is 6. The molecule has 4 aliphatic heterocycles. The van der Waals surface area contributed by atoms with Crippen molar-refractivity contribution < 1.29 is 60.1 Å². The summed E-state index contributed by atoms with van der Waals surface area (Å²) in [5.74, 6) is -3.23. The normalized spacial score (nSPS) is 31.1. The van der Waals surface area contributed by atoms with Crippen molar-refractivity contribution in [3.63, 3.8) is 0 Å². The molecule has 1 aromatic carbocycles. The zero-order chi connectivity index (χ0) is 42.1. The number of hydrogen-bond donors (Lipinski definition) is 3. The van der Waals surface area contributed by atoms with Gasteiger partial charge < -0.3 is 29.5 Å². The average Bonchev–Trinajstić information content (AvgIpc) is 3.97. The van der Waals surface area contributed by atoms with Crippen LogP contribution in [0.1, 0.15) is 88.8 Å². The van der Waals surface area contributed by atoms with Crippen LogP contribution in [0.2, 0.25) is 0 Å². The van der Waals surface area contributed by atoms with Crippen molar-refractivity contribution in [2.24, 2.45) is 5.92 Å². The minimum atomic E-state index is -4.95. The van der Waals surface area contributed by atoms with Gasteiger partial charge >= 0.3 is 12.3 Å². The van der Waals surface area contributed by atoms with Crippen molar-refractivity contribution in [2.75, 3.05) is 26.9 Å². The molecule has 1 unspecified atom stereocenters. The topological polar surface area (TPSA) is 194 Å². The highest BCUT2D eigenvalue weighted by atomic mass is 32.2. The molecule has 320 valence electrons. The molecule has 59 heavy (non-hydrogen) atoms. The number of carboxylic acid groups (broad SMARTS) is 1. The van der Waals surface area contributed by atoms with Crippen molar-refractivity contribution in [3.05, 3.63) is 41.6 Å². The summed E-state index contributed by atoms with van der Waals surface area (Å²) in [5.41, 5.74) is -4.23. The number of alkyl halides is 3. The molecule has 0 radical (unpaired) electrons. The zero-order valence-electron chi connectivity index (χ0n) is 32.8. The van der Waals surface area contributed by atoms with Crippen LogP contribution in [-0.4, -0.2) is 113 Å². The Labute approximate surface area is 339 Å². The van der Waals surface area contributed by atoms with Crippen LogP contribution in [0.3, 0.4) is 0 Å². The molecule has 4 fully saturated rings. The van der Waals surface area contributed by atoms with E-state index >= 15 is 4.79 Å². The van der Waals surface area contributed by atoms with Gasteiger partial charge in [-0.3, -0.25) is 24.0 Å². The molecule has 1 aromatic heterocycles. The maximum absolute atomic E-state index is 15.0. The van der Waals surface area contributed by atoms with Gasteiger partial charge in [0.2, 0.25) is 21.8 Å². The Morgan fingerprint density at radius 2 is 1.90 bits per heavy atom. The van der Waals surface area contributed by atoms with E-state index in [4.69, 9.17) is 14.2 Å². The number of hydrogen-bond acceptors (Lipinski definition) is 10. The zero-order valence-corrected chi connectivity index (χ0v) is 33.6. The molecule has 8 rings (SSSR count). The highest BCUT2D eigenvalue weighted by molar-refractivity contribution is 7.91. The lowest BCUT2D eigenvalue weighted by molar-refractivity contribution is -0.145. The van der Waals surface area contributed by atoms with E-state index in [0.29, 0.717) is 56.1 Å². The number of ether oxygens (including phenoxy) is 3. The molecule has 3 N–H and O–H groups in total. The van der Waals surface area contributed by atoms with Crippen LogP contribution in [0.15, 0.2) is 30.4 Å². The predicted octanol–water partition coefficient (Wildman–Crippen LogP) is 4.46. The Balaban J connectivity index is 1.20. The maximum atomic E-state index is 15.0. The van der Waals surface area contributed by atoms with Crippen molar-refractivity contribution in [2.45, 2.75) is 124 Å². The van der Waals surface area contributed by atoms with Gasteiger partial charge in [0.15, 0.2) is 11.4 Å². The van der Waals surface area contributed by atoms with E-state index in [0.717, 1.165) is 4.90 Å². The molecule has 2 saturated heterocycles. The molecule has 15 nitrogen and oxygen atoms in total. The van der Waals surface area contributed by atoms with Crippen LogP contribution in [0.25, 0.3) is 10.9 Å². The third kappa shape index (κ3) is 7.46. The van der Waals surface area contributed by atoms with Crippen LogP contribution < -0.4 is 19.5 Å². The first-order chi connectivity index (χ1) is 27.9. The van der Waals surface area contributed by atoms with Gasteiger partial charge in [-0.25, -0.2) is 18.2 Å². The molecule has 6 aliphatic rings. The molecule has 19 heteroatoms. The minimum Gasteiger partial charge on any atom is -0.497 e. The van der Waals surface area contributed by atoms with Gasteiger partial charge in [-0.1, -0.05) is 25.0 Å². The van der Waals surface area contributed by atoms with Gasteiger partial charge in [0.1, 0.15) is 29.0 Å². The second kappa shape index (κ2) is 14.8. The van der Waals surface area contributed by atoms with Gasteiger partial charge in [0, 0.05) is 29.9 Å². The van der Waals surface area contributed by atoms with Crippen LogP contribution in [0, 0.1) is 5.92 Å². The molecule has 1 spiro atoms. The van der Waals surface area contributed by atoms with Crippen LogP contribution in [0.4, 0.5) is 18.0 Å². The number of allylic oxidation sites excluding steroid dienone is 1. The number of aromatic nitrogens is 1. The van der Waals surface area contributed by atoms with E-state index in [1.165, 1.54) is 31.1 Å². The van der Waals surface area contributed by atoms with E-state index in [1.54, 1.807) is 12.1 Å². The number of nitrogens with one attached hydrogen (secondary N) is 2. The minimum absolute atomic E-state index is 0.0426. The van der Waals surface area contributed by atoms with Crippen LogP contribution in [-0.2, 0) is 41.7 Å². The van der Waals surface area contributed by atoms with Crippen molar-refractivity contribution in [3.8, 4) is 11.5 Å². The summed E-state index contributed by atoms with van der Waals surface area (Å²) in [7, 11) is -2.69. The molecule has 0 bridgehead atoms. The summed E-state index contributed by atoms with van der Waals surface area (Å²) in [6.45, 7) is 1.48. The fourth-order valence-corrected chi connectivity index (χ4v) is 10.5. The first-order valence-electron chi connectivity index (χ1n) is 20.1. The Morgan fingerprint density at radius 1 is 1.12 bits per heavy atom. The van der Waals surface area contributed by atoms with Gasteiger partial charge in [-0.2, -0.15) is 13.2 Å². The third-order valence-electron chi connectivity index (χ3n) is 13.1. The highest BCUT2D eigenvalue weighted by Crippen LogP contribution is 2.51. The van der Waals surface area contributed by atoms with E-state index in [1.807, 2.05) is 6.08 Å². The standard InChI is InChI=1S/C40H48F3N5O10S/c1-37(15-16-37)59(54,55)46-35(51)39-19-23(39)8-6-4-3-5-7-9-29(48(36(52)53)24-13-17-57-21-24)34(50)47-22-38(20-30(47)33(49)45-39)14-12-26-27-18-25(56-2)10-11-28(27)44-32(31(26)58-38)40(41,42)43/h6,8,10-11,18,23-24,29-30H,3-5,7,9,12-17,19-22H2,1-2H3,(H,45,49)(H,46,51)(H,52,53)/b8-6-/t23-,24?,29+,30+,38-,39-/m1/s1. The highest BCUT2D eigenvalue weighted by Gasteiger charge is 2.64. The number of methoxy groups -OCH3 is 1. The summed E-state index contributed by atoms with van der Waals surface area (Å²) in [4.78, 5) is 62.9. The predicted molar refractivity (Wildman–Crippen MR) is 204 cm³/mol. The van der Waals surface area contributed by atoms with Gasteiger partial charge in [-0.15, -0.1) is 0 Å². The van der Waals surface area contributed by atoms with Crippen molar-refractivity contribution in [1.29, 1.82) is 0 Å². The maximum Gasteiger partial charge on any atom is 0.437 e. The Kier molecular flexibility index (Phi) is 10.3. The van der Waals surface area contributed by atoms with E-state index in [-0.39, 0.29) is 62.9 Å². The van der Waals surface area contributed by atoms with Crippen LogP contribution in [0.5, 0.6) is 11.5 Å². The Hall–Kier alpha value is -4.65. The lowest BCUT2D eigenvalue weighted by Gasteiger charge is -2.38. The number of halogens is 3. The Morgan fingerprint density at radius 3 is 2.58 bits per heavy atom. The van der Waals surface area contributed by atoms with E-state index in [9.17, 15) is 41.1 Å². The molecule has 2 aliphatic carbocycles. The average molecular weight is 848 g/mol.